The second-order valence-corrected chi connectivity index (χ2v) is 7.03. The summed E-state index contributed by atoms with van der Waals surface area (Å²) in [4.78, 5) is 1.27. The first-order valence-corrected chi connectivity index (χ1v) is 9.13. The third-order valence-electron chi connectivity index (χ3n) is 4.17. The van der Waals surface area contributed by atoms with Gasteiger partial charge in [-0.2, -0.15) is 0 Å². The summed E-state index contributed by atoms with van der Waals surface area (Å²) in [5.41, 5.74) is 0. The summed E-state index contributed by atoms with van der Waals surface area (Å²) in [6.07, 6.45) is 6.66. The van der Waals surface area contributed by atoms with Crippen molar-refractivity contribution in [2.24, 2.45) is 5.92 Å². The van der Waals surface area contributed by atoms with Gasteiger partial charge in [0.2, 0.25) is 0 Å². The summed E-state index contributed by atoms with van der Waals surface area (Å²) in [6, 6.07) is 6.28. The molecule has 3 rings (SSSR count). The van der Waals surface area contributed by atoms with E-state index in [4.69, 9.17) is 9.47 Å². The molecule has 0 spiro atoms. The monoisotopic (exact) mass is 307 g/mol. The number of ether oxygens (including phenoxy) is 2. The van der Waals surface area contributed by atoms with E-state index in [2.05, 4.69) is 17.4 Å². The highest BCUT2D eigenvalue weighted by molar-refractivity contribution is 7.99. The van der Waals surface area contributed by atoms with E-state index < -0.39 is 0 Å². The minimum atomic E-state index is 0.754. The quantitative estimate of drug-likeness (QED) is 0.641. The number of nitrogens with one attached hydrogen (secondary N) is 1. The lowest BCUT2D eigenvalue weighted by atomic mass is 10.1. The predicted molar refractivity (Wildman–Crippen MR) is 87.6 cm³/mol. The predicted octanol–water partition coefficient (Wildman–Crippen LogP) is 3.72. The number of thioether (sulfide) groups is 1. The fourth-order valence-electron chi connectivity index (χ4n) is 3.00. The third kappa shape index (κ3) is 4.55. The third-order valence-corrected chi connectivity index (χ3v) is 5.17. The Labute approximate surface area is 131 Å². The summed E-state index contributed by atoms with van der Waals surface area (Å²) in [7, 11) is 0. The molecule has 0 bridgehead atoms. The number of hydrogen-bond acceptors (Lipinski definition) is 4. The molecule has 0 atom stereocenters. The molecule has 3 nitrogen and oxygen atoms in total. The highest BCUT2D eigenvalue weighted by Crippen LogP contribution is 2.33. The standard InChI is InChI=1S/C17H25NO2S/c1-2-5-14(4-1)13-18-8-11-21-15-6-7-16-17(12-15)20-10-3-9-19-16/h6-7,12,14,18H,1-5,8-11,13H2. The second kappa shape index (κ2) is 7.95. The molecule has 1 aliphatic carbocycles. The van der Waals surface area contributed by atoms with Gasteiger partial charge in [-0.1, -0.05) is 12.8 Å². The van der Waals surface area contributed by atoms with Crippen LogP contribution >= 0.6 is 11.8 Å². The van der Waals surface area contributed by atoms with Crippen molar-refractivity contribution in [3.8, 4) is 11.5 Å². The second-order valence-electron chi connectivity index (χ2n) is 5.86. The molecule has 0 radical (unpaired) electrons. The lowest BCUT2D eigenvalue weighted by Crippen LogP contribution is -2.23. The van der Waals surface area contributed by atoms with Gasteiger partial charge in [0.05, 0.1) is 13.2 Å². The summed E-state index contributed by atoms with van der Waals surface area (Å²) in [6.45, 7) is 3.78. The molecular weight excluding hydrogens is 282 g/mol. The van der Waals surface area contributed by atoms with E-state index >= 15 is 0 Å². The van der Waals surface area contributed by atoms with Crippen LogP contribution in [-0.4, -0.2) is 32.1 Å². The lowest BCUT2D eigenvalue weighted by molar-refractivity contribution is 0.297. The van der Waals surface area contributed by atoms with Crippen molar-refractivity contribution in [2.75, 3.05) is 32.1 Å². The van der Waals surface area contributed by atoms with Gasteiger partial charge in [-0.25, -0.2) is 0 Å². The normalized spacial score (nSPS) is 18.7. The van der Waals surface area contributed by atoms with Crippen LogP contribution < -0.4 is 14.8 Å². The Morgan fingerprint density at radius 2 is 1.86 bits per heavy atom. The van der Waals surface area contributed by atoms with Crippen molar-refractivity contribution < 1.29 is 9.47 Å². The molecular formula is C17H25NO2S. The zero-order valence-electron chi connectivity index (χ0n) is 12.6. The molecule has 1 aliphatic heterocycles. The van der Waals surface area contributed by atoms with Crippen molar-refractivity contribution in [1.82, 2.24) is 5.32 Å². The van der Waals surface area contributed by atoms with Crippen molar-refractivity contribution >= 4 is 11.8 Å². The average molecular weight is 307 g/mol. The average Bonchev–Trinajstić information content (AvgIpc) is 2.91. The summed E-state index contributed by atoms with van der Waals surface area (Å²) in [5, 5.41) is 3.59. The Hall–Kier alpha value is -0.870. The number of fused-ring (bicyclic) bond motifs is 1. The fraction of sp³-hybridized carbons (Fsp3) is 0.647. The van der Waals surface area contributed by atoms with Crippen LogP contribution in [0.15, 0.2) is 23.1 Å². The maximum absolute atomic E-state index is 5.73. The summed E-state index contributed by atoms with van der Waals surface area (Å²) in [5.74, 6) is 3.81. The largest absolute Gasteiger partial charge is 0.490 e. The van der Waals surface area contributed by atoms with E-state index in [1.165, 1.54) is 37.1 Å². The van der Waals surface area contributed by atoms with Gasteiger partial charge in [0.25, 0.3) is 0 Å². The van der Waals surface area contributed by atoms with Gasteiger partial charge < -0.3 is 14.8 Å². The van der Waals surface area contributed by atoms with Crippen LogP contribution in [0.4, 0.5) is 0 Å². The van der Waals surface area contributed by atoms with Crippen LogP contribution in [0.25, 0.3) is 0 Å². The van der Waals surface area contributed by atoms with Gasteiger partial charge >= 0.3 is 0 Å². The van der Waals surface area contributed by atoms with Crippen LogP contribution in [0.3, 0.4) is 0 Å². The zero-order valence-corrected chi connectivity index (χ0v) is 13.4. The van der Waals surface area contributed by atoms with Crippen LogP contribution in [0.2, 0.25) is 0 Å². The van der Waals surface area contributed by atoms with Gasteiger partial charge in [-0.3, -0.25) is 0 Å². The molecule has 1 N–H and O–H groups in total. The van der Waals surface area contributed by atoms with Crippen LogP contribution in [0.5, 0.6) is 11.5 Å². The van der Waals surface area contributed by atoms with E-state index in [0.717, 1.165) is 49.3 Å². The van der Waals surface area contributed by atoms with Crippen molar-refractivity contribution in [3.63, 3.8) is 0 Å². The van der Waals surface area contributed by atoms with Crippen LogP contribution in [-0.2, 0) is 0 Å². The van der Waals surface area contributed by atoms with Crippen LogP contribution in [0, 0.1) is 5.92 Å². The number of hydrogen-bond donors (Lipinski definition) is 1. The molecule has 0 aromatic heterocycles. The van der Waals surface area contributed by atoms with E-state index in [-0.39, 0.29) is 0 Å². The maximum atomic E-state index is 5.73. The Kier molecular flexibility index (Phi) is 5.69. The first-order chi connectivity index (χ1) is 10.4. The first kappa shape index (κ1) is 15.0. The van der Waals surface area contributed by atoms with Gasteiger partial charge in [-0.05, 0) is 43.5 Å². The molecule has 21 heavy (non-hydrogen) atoms. The Morgan fingerprint density at radius 1 is 1.05 bits per heavy atom. The number of benzene rings is 1. The molecule has 0 unspecified atom stereocenters. The molecule has 4 heteroatoms. The molecule has 2 aliphatic rings. The topological polar surface area (TPSA) is 30.5 Å². The molecule has 0 amide bonds. The SMILES string of the molecule is c1cc2c(cc1SCCNCC1CCCC1)OCCCO2. The Morgan fingerprint density at radius 3 is 2.71 bits per heavy atom. The molecule has 116 valence electrons. The van der Waals surface area contributed by atoms with Crippen molar-refractivity contribution in [1.29, 1.82) is 0 Å². The minimum Gasteiger partial charge on any atom is -0.490 e. The van der Waals surface area contributed by atoms with Crippen molar-refractivity contribution in [3.05, 3.63) is 18.2 Å². The molecule has 1 heterocycles. The molecule has 1 aromatic carbocycles. The highest BCUT2D eigenvalue weighted by Gasteiger charge is 2.14. The minimum absolute atomic E-state index is 0.754. The van der Waals surface area contributed by atoms with Gasteiger partial charge in [0.1, 0.15) is 0 Å². The highest BCUT2D eigenvalue weighted by atomic mass is 32.2. The Balaban J connectivity index is 1.39. The summed E-state index contributed by atoms with van der Waals surface area (Å²) < 4.78 is 11.4. The Bertz CT molecular complexity index is 446. The van der Waals surface area contributed by atoms with Gasteiger partial charge in [0, 0.05) is 23.6 Å². The lowest BCUT2D eigenvalue weighted by Gasteiger charge is -2.11. The van der Waals surface area contributed by atoms with Crippen molar-refractivity contribution in [2.45, 2.75) is 37.0 Å². The van der Waals surface area contributed by atoms with E-state index in [1.807, 2.05) is 17.8 Å². The van der Waals surface area contributed by atoms with Crippen LogP contribution in [0.1, 0.15) is 32.1 Å². The first-order valence-electron chi connectivity index (χ1n) is 8.15. The van der Waals surface area contributed by atoms with E-state index in [9.17, 15) is 0 Å². The molecule has 0 saturated heterocycles. The number of rotatable bonds is 6. The zero-order chi connectivity index (χ0) is 14.3. The molecule has 1 fully saturated rings. The molecule has 1 saturated carbocycles. The summed E-state index contributed by atoms with van der Waals surface area (Å²) >= 11 is 1.88. The fourth-order valence-corrected chi connectivity index (χ4v) is 3.83. The van der Waals surface area contributed by atoms with E-state index in [1.54, 1.807) is 0 Å². The smallest absolute Gasteiger partial charge is 0.162 e. The molecule has 1 aromatic rings. The van der Waals surface area contributed by atoms with E-state index in [0.29, 0.717) is 0 Å². The van der Waals surface area contributed by atoms with Gasteiger partial charge in [-0.15, -0.1) is 11.8 Å². The van der Waals surface area contributed by atoms with Gasteiger partial charge in [0.15, 0.2) is 11.5 Å². The maximum Gasteiger partial charge on any atom is 0.162 e.